The van der Waals surface area contributed by atoms with Gasteiger partial charge in [0.05, 0.1) is 22.4 Å². The molecule has 3 fully saturated rings. The van der Waals surface area contributed by atoms with Crippen LogP contribution in [0.4, 0.5) is 11.4 Å². The number of rotatable bonds is 4. The maximum absolute atomic E-state index is 12.9. The maximum Gasteiger partial charge on any atom is 0.271 e. The number of imide groups is 1. The van der Waals surface area contributed by atoms with Gasteiger partial charge < -0.3 is 5.32 Å². The molecule has 2 bridgehead atoms. The average Bonchev–Trinajstić information content (AvgIpc) is 3.44. The van der Waals surface area contributed by atoms with E-state index in [1.165, 1.54) is 12.1 Å². The van der Waals surface area contributed by atoms with E-state index in [4.69, 9.17) is 0 Å². The highest BCUT2D eigenvalue weighted by Crippen LogP contribution is 2.65. The third-order valence-electron chi connectivity index (χ3n) is 6.76. The van der Waals surface area contributed by atoms with Crippen molar-refractivity contribution in [1.82, 2.24) is 4.90 Å². The van der Waals surface area contributed by atoms with E-state index >= 15 is 0 Å². The molecule has 3 amide bonds. The number of anilines is 1. The molecule has 1 aromatic carbocycles. The summed E-state index contributed by atoms with van der Waals surface area (Å²) >= 11 is 0. The van der Waals surface area contributed by atoms with Crippen LogP contribution in [0.25, 0.3) is 0 Å². The molecule has 1 saturated heterocycles. The summed E-state index contributed by atoms with van der Waals surface area (Å²) in [6, 6.07) is 4.18. The van der Waals surface area contributed by atoms with E-state index in [0.717, 1.165) is 11.3 Å². The molecular weight excluding hydrogens is 362 g/mol. The first kappa shape index (κ1) is 17.1. The van der Waals surface area contributed by atoms with Gasteiger partial charge >= 0.3 is 0 Å². The van der Waals surface area contributed by atoms with Crippen LogP contribution in [-0.2, 0) is 14.4 Å². The number of benzene rings is 1. The van der Waals surface area contributed by atoms with Crippen molar-refractivity contribution in [2.75, 3.05) is 11.9 Å². The van der Waals surface area contributed by atoms with Gasteiger partial charge in [0.1, 0.15) is 6.54 Å². The third-order valence-corrected chi connectivity index (χ3v) is 6.76. The molecule has 1 heterocycles. The van der Waals surface area contributed by atoms with Crippen LogP contribution in [0, 0.1) is 52.5 Å². The lowest BCUT2D eigenvalue weighted by Crippen LogP contribution is -2.40. The number of hydrogen-bond donors (Lipinski definition) is 1. The van der Waals surface area contributed by atoms with E-state index in [9.17, 15) is 24.5 Å². The minimum absolute atomic E-state index is 0.114. The Labute approximate surface area is 160 Å². The lowest BCUT2D eigenvalue weighted by atomic mass is 9.63. The predicted octanol–water partition coefficient (Wildman–Crippen LogP) is 1.89. The number of nitrogens with one attached hydrogen (secondary N) is 1. The van der Waals surface area contributed by atoms with Crippen molar-refractivity contribution in [2.45, 2.75) is 13.3 Å². The van der Waals surface area contributed by atoms with Gasteiger partial charge in [0, 0.05) is 12.1 Å². The number of amides is 3. The van der Waals surface area contributed by atoms with Crippen molar-refractivity contribution in [2.24, 2.45) is 35.5 Å². The Kier molecular flexibility index (Phi) is 3.50. The van der Waals surface area contributed by atoms with Crippen molar-refractivity contribution < 1.29 is 19.3 Å². The molecule has 4 aliphatic carbocycles. The number of aryl methyl sites for hydroxylation is 1. The Bertz CT molecular complexity index is 935. The first-order valence-corrected chi connectivity index (χ1v) is 9.45. The lowest BCUT2D eigenvalue weighted by Gasteiger charge is -2.37. The van der Waals surface area contributed by atoms with Crippen molar-refractivity contribution in [3.8, 4) is 0 Å². The SMILES string of the molecule is Cc1ccc([N+](=O)[O-])cc1NC(=O)CN1C(=O)[C@@H]2[C@H]3C=C[C@@H]([C@@H]4C[C@@H]34)[C@@H]2C1=O. The number of nitro groups is 1. The second-order valence-corrected chi connectivity index (χ2v) is 8.22. The normalized spacial score (nSPS) is 34.2. The van der Waals surface area contributed by atoms with Crippen LogP contribution in [-0.4, -0.2) is 34.1 Å². The highest BCUT2D eigenvalue weighted by Gasteiger charge is 2.67. The summed E-state index contributed by atoms with van der Waals surface area (Å²) in [7, 11) is 0. The molecule has 2 saturated carbocycles. The van der Waals surface area contributed by atoms with Crippen LogP contribution < -0.4 is 5.32 Å². The number of non-ortho nitro benzene ring substituents is 1. The maximum atomic E-state index is 12.9. The fourth-order valence-corrected chi connectivity index (χ4v) is 5.37. The Morgan fingerprint density at radius 3 is 2.36 bits per heavy atom. The van der Waals surface area contributed by atoms with Gasteiger partial charge in [-0.2, -0.15) is 0 Å². The Morgan fingerprint density at radius 2 is 1.79 bits per heavy atom. The zero-order chi connectivity index (χ0) is 19.7. The molecule has 0 aromatic heterocycles. The van der Waals surface area contributed by atoms with Gasteiger partial charge in [0.25, 0.3) is 5.69 Å². The zero-order valence-electron chi connectivity index (χ0n) is 15.2. The molecule has 0 radical (unpaired) electrons. The third kappa shape index (κ3) is 2.33. The van der Waals surface area contributed by atoms with Gasteiger partial charge in [-0.15, -0.1) is 0 Å². The minimum Gasteiger partial charge on any atom is -0.324 e. The van der Waals surface area contributed by atoms with Crippen molar-refractivity contribution in [1.29, 1.82) is 0 Å². The summed E-state index contributed by atoms with van der Waals surface area (Å²) in [6.07, 6.45) is 5.25. The van der Waals surface area contributed by atoms with Crippen LogP contribution in [0.15, 0.2) is 30.4 Å². The predicted molar refractivity (Wildman–Crippen MR) is 97.9 cm³/mol. The topological polar surface area (TPSA) is 110 Å². The van der Waals surface area contributed by atoms with Gasteiger partial charge in [-0.3, -0.25) is 29.4 Å². The van der Waals surface area contributed by atoms with E-state index in [1.807, 2.05) is 0 Å². The average molecular weight is 381 g/mol. The van der Waals surface area contributed by atoms with Crippen molar-refractivity contribution in [3.63, 3.8) is 0 Å². The molecule has 5 aliphatic rings. The van der Waals surface area contributed by atoms with Gasteiger partial charge in [-0.25, -0.2) is 0 Å². The zero-order valence-corrected chi connectivity index (χ0v) is 15.2. The van der Waals surface area contributed by atoms with Gasteiger partial charge in [-0.1, -0.05) is 18.2 Å². The Balaban J connectivity index is 1.33. The van der Waals surface area contributed by atoms with Gasteiger partial charge in [-0.05, 0) is 42.6 Å². The summed E-state index contributed by atoms with van der Waals surface area (Å²) in [4.78, 5) is 49.8. The molecule has 6 rings (SSSR count). The number of nitro benzene ring substituents is 1. The molecule has 1 N–H and O–H groups in total. The summed E-state index contributed by atoms with van der Waals surface area (Å²) in [6.45, 7) is 1.36. The summed E-state index contributed by atoms with van der Waals surface area (Å²) in [5.41, 5.74) is 0.829. The molecule has 28 heavy (non-hydrogen) atoms. The number of carbonyl (C=O) groups excluding carboxylic acids is 3. The van der Waals surface area contributed by atoms with Crippen LogP contribution in [0.1, 0.15) is 12.0 Å². The Morgan fingerprint density at radius 1 is 1.18 bits per heavy atom. The minimum atomic E-state index is -0.540. The monoisotopic (exact) mass is 381 g/mol. The molecule has 1 aromatic rings. The van der Waals surface area contributed by atoms with E-state index < -0.39 is 10.8 Å². The fraction of sp³-hybridized carbons (Fsp3) is 0.450. The fourth-order valence-electron chi connectivity index (χ4n) is 5.37. The largest absolute Gasteiger partial charge is 0.324 e. The standard InChI is InChI=1S/C20H19N3O5/c1-9-2-3-10(23(27)28)6-15(9)21-16(24)8-22-19(25)17-11-4-5-12(14-7-13(11)14)18(17)20(22)26/h2-6,11-14,17-18H,7-8H2,1H3,(H,21,24)/t11-,12-,13-,14-,17-,18+/m0/s1. The molecule has 6 atom stereocenters. The molecular formula is C20H19N3O5. The van der Waals surface area contributed by atoms with Crippen LogP contribution in [0.5, 0.6) is 0 Å². The van der Waals surface area contributed by atoms with E-state index in [0.29, 0.717) is 23.1 Å². The number of nitrogens with zero attached hydrogens (tertiary/aromatic N) is 2. The second kappa shape index (κ2) is 5.73. The van der Waals surface area contributed by atoms with Crippen LogP contribution >= 0.6 is 0 Å². The van der Waals surface area contributed by atoms with Crippen LogP contribution in [0.3, 0.4) is 0 Å². The lowest BCUT2D eigenvalue weighted by molar-refractivity contribution is -0.384. The summed E-state index contributed by atoms with van der Waals surface area (Å²) in [5.74, 6) is -0.474. The molecule has 8 nitrogen and oxygen atoms in total. The van der Waals surface area contributed by atoms with Gasteiger partial charge in [0.15, 0.2) is 0 Å². The van der Waals surface area contributed by atoms with Crippen molar-refractivity contribution in [3.05, 3.63) is 46.0 Å². The quantitative estimate of drug-likeness (QED) is 0.371. The summed E-state index contributed by atoms with van der Waals surface area (Å²) in [5, 5.41) is 13.6. The molecule has 0 unspecified atom stereocenters. The van der Waals surface area contributed by atoms with Crippen LogP contribution in [0.2, 0.25) is 0 Å². The number of hydrogen-bond acceptors (Lipinski definition) is 5. The molecule has 8 heteroatoms. The number of likely N-dealkylation sites (tertiary alicyclic amines) is 1. The molecule has 0 spiro atoms. The summed E-state index contributed by atoms with van der Waals surface area (Å²) < 4.78 is 0. The smallest absolute Gasteiger partial charge is 0.271 e. The molecule has 144 valence electrons. The second-order valence-electron chi connectivity index (χ2n) is 8.22. The first-order chi connectivity index (χ1) is 13.4. The number of allylic oxidation sites excluding steroid dienone is 2. The van der Waals surface area contributed by atoms with Crippen molar-refractivity contribution >= 4 is 29.1 Å². The number of carbonyl (C=O) groups is 3. The van der Waals surface area contributed by atoms with E-state index in [1.54, 1.807) is 13.0 Å². The molecule has 1 aliphatic heterocycles. The highest BCUT2D eigenvalue weighted by atomic mass is 16.6. The van der Waals surface area contributed by atoms with Gasteiger partial charge in [0.2, 0.25) is 17.7 Å². The Hall–Kier alpha value is -3.03. The highest BCUT2D eigenvalue weighted by molar-refractivity contribution is 6.09. The van der Waals surface area contributed by atoms with E-state index in [2.05, 4.69) is 17.5 Å². The van der Waals surface area contributed by atoms with E-state index in [-0.39, 0.29) is 47.7 Å². The first-order valence-electron chi connectivity index (χ1n) is 9.45.